The van der Waals surface area contributed by atoms with Crippen LogP contribution in [0.3, 0.4) is 0 Å². The number of ketones is 1. The molecular formula is C21H26O2Si. The number of hydrogen-bond donors (Lipinski definition) is 0. The Balaban J connectivity index is 2.05. The molecule has 0 heterocycles. The van der Waals surface area contributed by atoms with Gasteiger partial charge in [0.05, 0.1) is 0 Å². The van der Waals surface area contributed by atoms with E-state index >= 15 is 0 Å². The van der Waals surface area contributed by atoms with Gasteiger partial charge in [0.1, 0.15) is 5.75 Å². The maximum absolute atomic E-state index is 12.1. The van der Waals surface area contributed by atoms with E-state index in [9.17, 15) is 4.79 Å². The molecule has 126 valence electrons. The Hall–Kier alpha value is -2.13. The number of carbonyl (C=O) groups excluding carboxylic acids is 1. The third-order valence-corrected chi connectivity index (χ3v) is 8.90. The van der Waals surface area contributed by atoms with E-state index in [-0.39, 0.29) is 10.8 Å². The summed E-state index contributed by atoms with van der Waals surface area (Å²) in [5.74, 6) is 0.908. The molecule has 24 heavy (non-hydrogen) atoms. The van der Waals surface area contributed by atoms with Gasteiger partial charge in [-0.15, -0.1) is 0 Å². The lowest BCUT2D eigenvalue weighted by Gasteiger charge is -2.36. The van der Waals surface area contributed by atoms with Crippen LogP contribution in [0.2, 0.25) is 18.1 Å². The molecule has 0 aliphatic rings. The topological polar surface area (TPSA) is 26.3 Å². The minimum absolute atomic E-state index is 0.0113. The van der Waals surface area contributed by atoms with E-state index in [0.717, 1.165) is 11.3 Å². The molecule has 0 bridgehead atoms. The number of rotatable bonds is 5. The fraction of sp³-hybridized carbons (Fsp3) is 0.286. The highest BCUT2D eigenvalue weighted by Crippen LogP contribution is 2.37. The Morgan fingerprint density at radius 1 is 0.958 bits per heavy atom. The number of carbonyl (C=O) groups is 1. The first-order valence-corrected chi connectivity index (χ1v) is 11.2. The van der Waals surface area contributed by atoms with Crippen molar-refractivity contribution in [3.8, 4) is 5.75 Å². The van der Waals surface area contributed by atoms with Crippen molar-refractivity contribution in [3.05, 3.63) is 71.8 Å². The average molecular weight is 339 g/mol. The monoisotopic (exact) mass is 338 g/mol. The van der Waals surface area contributed by atoms with Gasteiger partial charge in [-0.1, -0.05) is 69.3 Å². The highest BCUT2D eigenvalue weighted by atomic mass is 28.4. The van der Waals surface area contributed by atoms with Crippen LogP contribution in [0, 0.1) is 0 Å². The molecule has 0 N–H and O–H groups in total. The van der Waals surface area contributed by atoms with Crippen molar-refractivity contribution in [2.45, 2.75) is 38.9 Å². The first-order chi connectivity index (χ1) is 11.2. The zero-order chi connectivity index (χ0) is 17.8. The second kappa shape index (κ2) is 7.18. The quantitative estimate of drug-likeness (QED) is 0.381. The average Bonchev–Trinajstić information content (AvgIpc) is 2.53. The van der Waals surface area contributed by atoms with Crippen LogP contribution in [0.15, 0.2) is 60.7 Å². The van der Waals surface area contributed by atoms with Crippen LogP contribution in [0.1, 0.15) is 36.7 Å². The van der Waals surface area contributed by atoms with E-state index in [1.54, 1.807) is 6.08 Å². The molecule has 0 spiro atoms. The van der Waals surface area contributed by atoms with Crippen molar-refractivity contribution >= 4 is 20.2 Å². The van der Waals surface area contributed by atoms with E-state index in [0.29, 0.717) is 5.56 Å². The zero-order valence-electron chi connectivity index (χ0n) is 15.2. The van der Waals surface area contributed by atoms with Crippen LogP contribution in [0.25, 0.3) is 6.08 Å². The van der Waals surface area contributed by atoms with E-state index < -0.39 is 8.32 Å². The molecule has 2 nitrogen and oxygen atoms in total. The molecule has 0 fully saturated rings. The lowest BCUT2D eigenvalue weighted by molar-refractivity contribution is 0.104. The predicted molar refractivity (Wildman–Crippen MR) is 104 cm³/mol. The number of benzene rings is 2. The second-order valence-electron chi connectivity index (χ2n) is 7.50. The fourth-order valence-electron chi connectivity index (χ4n) is 1.97. The van der Waals surface area contributed by atoms with Crippen molar-refractivity contribution in [3.63, 3.8) is 0 Å². The van der Waals surface area contributed by atoms with Gasteiger partial charge in [-0.25, -0.2) is 0 Å². The molecule has 0 radical (unpaired) electrons. The standard InChI is InChI=1S/C21H26O2Si/c1-21(2,3)24(4,5)23-19-14-11-17(12-15-19)13-16-20(22)18-9-7-6-8-10-18/h6-16H,1-5H3/b16-13+. The van der Waals surface area contributed by atoms with Crippen molar-refractivity contribution in [2.75, 3.05) is 0 Å². The molecule has 2 rings (SSSR count). The summed E-state index contributed by atoms with van der Waals surface area (Å²) in [4.78, 5) is 12.1. The Bertz CT molecular complexity index is 708. The lowest BCUT2D eigenvalue weighted by Crippen LogP contribution is -2.43. The Labute approximate surface area is 146 Å². The second-order valence-corrected chi connectivity index (χ2v) is 12.2. The van der Waals surface area contributed by atoms with Crippen LogP contribution in [0.5, 0.6) is 5.75 Å². The Morgan fingerprint density at radius 3 is 2.08 bits per heavy atom. The molecule has 0 unspecified atom stereocenters. The molecule has 0 saturated heterocycles. The third kappa shape index (κ3) is 4.68. The van der Waals surface area contributed by atoms with E-state index in [4.69, 9.17) is 4.43 Å². The summed E-state index contributed by atoms with van der Waals surface area (Å²) >= 11 is 0. The van der Waals surface area contributed by atoms with Gasteiger partial charge in [-0.3, -0.25) is 4.79 Å². The number of allylic oxidation sites excluding steroid dienone is 1. The maximum atomic E-state index is 12.1. The van der Waals surface area contributed by atoms with Gasteiger partial charge in [-0.05, 0) is 41.9 Å². The summed E-state index contributed by atoms with van der Waals surface area (Å²) in [6.07, 6.45) is 3.45. The molecule has 0 amide bonds. The van der Waals surface area contributed by atoms with Gasteiger partial charge in [0.2, 0.25) is 8.32 Å². The largest absolute Gasteiger partial charge is 0.544 e. The van der Waals surface area contributed by atoms with Crippen molar-refractivity contribution in [1.82, 2.24) is 0 Å². The summed E-state index contributed by atoms with van der Waals surface area (Å²) in [6.45, 7) is 11.2. The van der Waals surface area contributed by atoms with Crippen LogP contribution in [0.4, 0.5) is 0 Å². The van der Waals surface area contributed by atoms with Gasteiger partial charge in [0.25, 0.3) is 0 Å². The van der Waals surface area contributed by atoms with Crippen LogP contribution >= 0.6 is 0 Å². The molecule has 0 aromatic heterocycles. The minimum atomic E-state index is -1.82. The normalized spacial score (nSPS) is 12.4. The zero-order valence-corrected chi connectivity index (χ0v) is 16.2. The van der Waals surface area contributed by atoms with Gasteiger partial charge in [0.15, 0.2) is 5.78 Å². The molecule has 0 aliphatic carbocycles. The van der Waals surface area contributed by atoms with Crippen molar-refractivity contribution < 1.29 is 9.22 Å². The first kappa shape index (κ1) is 18.2. The summed E-state index contributed by atoms with van der Waals surface area (Å²) in [5.41, 5.74) is 1.69. The highest BCUT2D eigenvalue weighted by molar-refractivity contribution is 6.74. The molecule has 2 aromatic carbocycles. The van der Waals surface area contributed by atoms with Crippen molar-refractivity contribution in [1.29, 1.82) is 0 Å². The summed E-state index contributed by atoms with van der Waals surface area (Å²) in [7, 11) is -1.82. The summed E-state index contributed by atoms with van der Waals surface area (Å²) in [6, 6.07) is 17.2. The predicted octanol–water partition coefficient (Wildman–Crippen LogP) is 5.97. The first-order valence-electron chi connectivity index (χ1n) is 8.26. The van der Waals surface area contributed by atoms with Gasteiger partial charge in [0, 0.05) is 5.56 Å². The molecule has 0 aliphatic heterocycles. The van der Waals surface area contributed by atoms with Crippen LogP contribution in [-0.2, 0) is 0 Å². The van der Waals surface area contributed by atoms with Crippen LogP contribution in [-0.4, -0.2) is 14.1 Å². The Morgan fingerprint density at radius 2 is 1.54 bits per heavy atom. The minimum Gasteiger partial charge on any atom is -0.544 e. The number of hydrogen-bond acceptors (Lipinski definition) is 2. The third-order valence-electron chi connectivity index (χ3n) is 4.54. The lowest BCUT2D eigenvalue weighted by atomic mass is 10.1. The van der Waals surface area contributed by atoms with Crippen molar-refractivity contribution in [2.24, 2.45) is 0 Å². The fourth-order valence-corrected chi connectivity index (χ4v) is 3.00. The van der Waals surface area contributed by atoms with Gasteiger partial charge < -0.3 is 4.43 Å². The van der Waals surface area contributed by atoms with Crippen LogP contribution < -0.4 is 4.43 Å². The van der Waals surface area contributed by atoms with E-state index in [1.807, 2.05) is 60.7 Å². The SMILES string of the molecule is CC(C)(C)[Si](C)(C)Oc1ccc(/C=C/C(=O)c2ccccc2)cc1. The molecular weight excluding hydrogens is 312 g/mol. The molecule has 0 atom stereocenters. The van der Waals surface area contributed by atoms with E-state index in [1.165, 1.54) is 0 Å². The molecule has 3 heteroatoms. The van der Waals surface area contributed by atoms with E-state index in [2.05, 4.69) is 33.9 Å². The smallest absolute Gasteiger partial charge is 0.250 e. The molecule has 2 aromatic rings. The maximum Gasteiger partial charge on any atom is 0.250 e. The van der Waals surface area contributed by atoms with Gasteiger partial charge >= 0.3 is 0 Å². The summed E-state index contributed by atoms with van der Waals surface area (Å²) < 4.78 is 6.26. The highest BCUT2D eigenvalue weighted by Gasteiger charge is 2.38. The molecule has 0 saturated carbocycles. The summed E-state index contributed by atoms with van der Waals surface area (Å²) in [5, 5.41) is 0.174. The Kier molecular flexibility index (Phi) is 5.45. The van der Waals surface area contributed by atoms with Gasteiger partial charge in [-0.2, -0.15) is 0 Å².